The Hall–Kier alpha value is -3.35. The fraction of sp³-hybridized carbons (Fsp3) is 0.250. The van der Waals surface area contributed by atoms with E-state index in [2.05, 4.69) is 10.6 Å². The van der Waals surface area contributed by atoms with Gasteiger partial charge in [0.1, 0.15) is 11.2 Å². The Morgan fingerprint density at radius 1 is 0.852 bits per heavy atom. The van der Waals surface area contributed by atoms with E-state index in [0.29, 0.717) is 30.0 Å². The fourth-order valence-corrected chi connectivity index (χ4v) is 2.79. The molecule has 1 aliphatic rings. The van der Waals surface area contributed by atoms with Crippen molar-refractivity contribution in [1.82, 2.24) is 0 Å². The zero-order chi connectivity index (χ0) is 19.4. The topological polar surface area (TPSA) is 93.7 Å². The summed E-state index contributed by atoms with van der Waals surface area (Å²) in [6, 6.07) is 13.5. The van der Waals surface area contributed by atoms with Crippen LogP contribution in [0.15, 0.2) is 48.5 Å². The maximum Gasteiger partial charge on any atom is 0.339 e. The van der Waals surface area contributed by atoms with Gasteiger partial charge in [-0.15, -0.1) is 0 Å². The highest BCUT2D eigenvalue weighted by atomic mass is 16.5. The third-order valence-electron chi connectivity index (χ3n) is 4.56. The molecule has 1 saturated carbocycles. The molecule has 1 aliphatic carbocycles. The number of ether oxygens (including phenoxy) is 2. The van der Waals surface area contributed by atoms with Gasteiger partial charge in [-0.3, -0.25) is 9.59 Å². The molecule has 0 bridgehead atoms. The van der Waals surface area contributed by atoms with Gasteiger partial charge >= 0.3 is 5.97 Å². The smallest absolute Gasteiger partial charge is 0.339 e. The number of carbonyl (C=O) groups is 3. The van der Waals surface area contributed by atoms with Crippen LogP contribution in [0.2, 0.25) is 0 Å². The summed E-state index contributed by atoms with van der Waals surface area (Å²) in [7, 11) is 2.78. The lowest BCUT2D eigenvalue weighted by Crippen LogP contribution is -2.36. The molecular weight excluding hydrogens is 348 g/mol. The van der Waals surface area contributed by atoms with Gasteiger partial charge in [0.2, 0.25) is 11.8 Å². The van der Waals surface area contributed by atoms with Crippen molar-refractivity contribution >= 4 is 29.2 Å². The van der Waals surface area contributed by atoms with Crippen LogP contribution in [0.3, 0.4) is 0 Å². The first-order valence-electron chi connectivity index (χ1n) is 8.45. The number of para-hydroxylation sites is 3. The first-order chi connectivity index (χ1) is 13.0. The number of esters is 1. The third-order valence-corrected chi connectivity index (χ3v) is 4.56. The van der Waals surface area contributed by atoms with Crippen molar-refractivity contribution in [3.8, 4) is 5.75 Å². The van der Waals surface area contributed by atoms with Gasteiger partial charge in [0.25, 0.3) is 0 Å². The molecule has 0 unspecified atom stereocenters. The summed E-state index contributed by atoms with van der Waals surface area (Å²) in [5, 5.41) is 5.46. The van der Waals surface area contributed by atoms with Gasteiger partial charge in [0, 0.05) is 0 Å². The van der Waals surface area contributed by atoms with E-state index in [1.807, 2.05) is 0 Å². The standard InChI is InChI=1S/C20H20N2O5/c1-26-16-10-6-5-9-15(16)22-19(25)20(11-12-20)18(24)21-14-8-4-3-7-13(14)17(23)27-2/h3-10H,11-12H2,1-2H3,(H,21,24)(H,22,25). The van der Waals surface area contributed by atoms with Crippen molar-refractivity contribution in [2.24, 2.45) is 5.41 Å². The fourth-order valence-electron chi connectivity index (χ4n) is 2.79. The summed E-state index contributed by atoms with van der Waals surface area (Å²) in [5.41, 5.74) is -0.122. The number of carbonyl (C=O) groups excluding carboxylic acids is 3. The molecule has 0 spiro atoms. The maximum atomic E-state index is 12.8. The quantitative estimate of drug-likeness (QED) is 0.604. The van der Waals surface area contributed by atoms with Crippen LogP contribution in [0.4, 0.5) is 11.4 Å². The third kappa shape index (κ3) is 3.62. The van der Waals surface area contributed by atoms with Crippen molar-refractivity contribution in [2.75, 3.05) is 24.9 Å². The highest BCUT2D eigenvalue weighted by Gasteiger charge is 2.56. The van der Waals surface area contributed by atoms with Gasteiger partial charge in [-0.1, -0.05) is 24.3 Å². The van der Waals surface area contributed by atoms with Crippen molar-refractivity contribution in [1.29, 1.82) is 0 Å². The Labute approximate surface area is 156 Å². The van der Waals surface area contributed by atoms with Crippen LogP contribution < -0.4 is 15.4 Å². The molecule has 0 aromatic heterocycles. The monoisotopic (exact) mass is 368 g/mol. The van der Waals surface area contributed by atoms with E-state index in [-0.39, 0.29) is 5.56 Å². The van der Waals surface area contributed by atoms with E-state index in [1.54, 1.807) is 48.5 Å². The van der Waals surface area contributed by atoms with Gasteiger partial charge in [0.05, 0.1) is 31.2 Å². The number of benzene rings is 2. The van der Waals surface area contributed by atoms with E-state index in [4.69, 9.17) is 9.47 Å². The van der Waals surface area contributed by atoms with E-state index in [0.717, 1.165) is 0 Å². The lowest BCUT2D eigenvalue weighted by atomic mass is 10.0. The molecule has 0 atom stereocenters. The van der Waals surface area contributed by atoms with Crippen LogP contribution in [-0.4, -0.2) is 32.0 Å². The molecule has 0 saturated heterocycles. The predicted octanol–water partition coefficient (Wildman–Crippen LogP) is 2.84. The summed E-state index contributed by atoms with van der Waals surface area (Å²) in [4.78, 5) is 37.4. The number of anilines is 2. The van der Waals surface area contributed by atoms with Crippen LogP contribution in [-0.2, 0) is 14.3 Å². The highest BCUT2D eigenvalue weighted by Crippen LogP contribution is 2.48. The van der Waals surface area contributed by atoms with Crippen LogP contribution in [0.5, 0.6) is 5.75 Å². The van der Waals surface area contributed by atoms with Crippen molar-refractivity contribution in [2.45, 2.75) is 12.8 Å². The molecule has 2 N–H and O–H groups in total. The second-order valence-electron chi connectivity index (χ2n) is 6.23. The second-order valence-corrected chi connectivity index (χ2v) is 6.23. The minimum atomic E-state index is -1.16. The molecular formula is C20H20N2O5. The first-order valence-corrected chi connectivity index (χ1v) is 8.45. The van der Waals surface area contributed by atoms with Crippen LogP contribution in [0, 0.1) is 5.41 Å². The highest BCUT2D eigenvalue weighted by molar-refractivity contribution is 6.18. The van der Waals surface area contributed by atoms with Gasteiger partial charge in [-0.05, 0) is 37.1 Å². The number of rotatable bonds is 6. The van der Waals surface area contributed by atoms with E-state index < -0.39 is 23.2 Å². The number of hydrogen-bond acceptors (Lipinski definition) is 5. The van der Waals surface area contributed by atoms with Gasteiger partial charge in [0.15, 0.2) is 0 Å². The Balaban J connectivity index is 1.77. The molecule has 0 radical (unpaired) electrons. The Morgan fingerprint density at radius 3 is 2.00 bits per heavy atom. The van der Waals surface area contributed by atoms with Gasteiger partial charge in [-0.2, -0.15) is 0 Å². The average molecular weight is 368 g/mol. The van der Waals surface area contributed by atoms with Crippen molar-refractivity contribution < 1.29 is 23.9 Å². The minimum Gasteiger partial charge on any atom is -0.495 e. The SMILES string of the molecule is COC(=O)c1ccccc1NC(=O)C1(C(=O)Nc2ccccc2OC)CC1. The van der Waals surface area contributed by atoms with Crippen molar-refractivity contribution in [3.63, 3.8) is 0 Å². The molecule has 7 nitrogen and oxygen atoms in total. The van der Waals surface area contributed by atoms with Crippen LogP contribution in [0.25, 0.3) is 0 Å². The minimum absolute atomic E-state index is 0.231. The van der Waals surface area contributed by atoms with Crippen molar-refractivity contribution in [3.05, 3.63) is 54.1 Å². The zero-order valence-corrected chi connectivity index (χ0v) is 15.1. The van der Waals surface area contributed by atoms with E-state index in [1.165, 1.54) is 14.2 Å². The number of hydrogen-bond donors (Lipinski definition) is 2. The van der Waals surface area contributed by atoms with E-state index in [9.17, 15) is 14.4 Å². The number of amides is 2. The molecule has 2 aromatic carbocycles. The first kappa shape index (κ1) is 18.4. The molecule has 7 heteroatoms. The summed E-state index contributed by atoms with van der Waals surface area (Å²) in [6.45, 7) is 0. The summed E-state index contributed by atoms with van der Waals surface area (Å²) in [5.74, 6) is -0.904. The predicted molar refractivity (Wildman–Crippen MR) is 99.7 cm³/mol. The molecule has 3 rings (SSSR count). The number of nitrogens with one attached hydrogen (secondary N) is 2. The Kier molecular flexibility index (Phi) is 5.12. The van der Waals surface area contributed by atoms with Gasteiger partial charge < -0.3 is 20.1 Å². The van der Waals surface area contributed by atoms with Gasteiger partial charge in [-0.25, -0.2) is 4.79 Å². The zero-order valence-electron chi connectivity index (χ0n) is 15.1. The van der Waals surface area contributed by atoms with Crippen LogP contribution in [0.1, 0.15) is 23.2 Å². The summed E-state index contributed by atoms with van der Waals surface area (Å²) >= 11 is 0. The molecule has 0 heterocycles. The summed E-state index contributed by atoms with van der Waals surface area (Å²) < 4.78 is 9.95. The average Bonchev–Trinajstić information content (AvgIpc) is 3.50. The molecule has 1 fully saturated rings. The second kappa shape index (κ2) is 7.49. The normalized spacial score (nSPS) is 14.0. The molecule has 27 heavy (non-hydrogen) atoms. The lowest BCUT2D eigenvalue weighted by molar-refractivity contribution is -0.131. The largest absolute Gasteiger partial charge is 0.495 e. The molecule has 2 aromatic rings. The molecule has 2 amide bonds. The Bertz CT molecular complexity index is 889. The molecule has 140 valence electrons. The maximum absolute atomic E-state index is 12.8. The molecule has 0 aliphatic heterocycles. The Morgan fingerprint density at radius 2 is 1.41 bits per heavy atom. The number of methoxy groups -OCH3 is 2. The lowest BCUT2D eigenvalue weighted by Gasteiger charge is -2.17. The van der Waals surface area contributed by atoms with Crippen LogP contribution >= 0.6 is 0 Å². The summed E-state index contributed by atoms with van der Waals surface area (Å²) in [6.07, 6.45) is 0.862. The van der Waals surface area contributed by atoms with E-state index >= 15 is 0 Å².